The van der Waals surface area contributed by atoms with Crippen LogP contribution in [0.2, 0.25) is 0 Å². The van der Waals surface area contributed by atoms with Crippen molar-refractivity contribution in [3.05, 3.63) is 24.3 Å². The topological polar surface area (TPSA) is 61.4 Å². The van der Waals surface area contributed by atoms with Crippen LogP contribution in [0.25, 0.3) is 0 Å². The molecule has 1 aromatic carbocycles. The smallest absolute Gasteiger partial charge is 0.226 e. The van der Waals surface area contributed by atoms with Crippen LogP contribution in [0, 0.1) is 5.92 Å². The average Bonchev–Trinajstić information content (AvgIpc) is 2.42. The van der Waals surface area contributed by atoms with E-state index >= 15 is 0 Å². The monoisotopic (exact) mass is 276 g/mol. The van der Waals surface area contributed by atoms with E-state index in [1.807, 2.05) is 38.1 Å². The number of carbonyl (C=O) groups is 1. The van der Waals surface area contributed by atoms with Gasteiger partial charge in [0.25, 0.3) is 0 Å². The van der Waals surface area contributed by atoms with Gasteiger partial charge in [0.05, 0.1) is 6.10 Å². The molecule has 2 rings (SSSR count). The SMILES string of the molecule is CC(C)C(=O)Nc1cccc(NC2CCC(O)CC2)c1. The van der Waals surface area contributed by atoms with Gasteiger partial charge in [0.2, 0.25) is 5.91 Å². The van der Waals surface area contributed by atoms with Gasteiger partial charge in [0, 0.05) is 23.3 Å². The largest absolute Gasteiger partial charge is 0.393 e. The van der Waals surface area contributed by atoms with E-state index in [4.69, 9.17) is 0 Å². The lowest BCUT2D eigenvalue weighted by Crippen LogP contribution is -2.28. The van der Waals surface area contributed by atoms with E-state index in [0.29, 0.717) is 6.04 Å². The second-order valence-electron chi connectivity index (χ2n) is 5.87. The van der Waals surface area contributed by atoms with Crippen molar-refractivity contribution >= 4 is 17.3 Å². The molecule has 0 heterocycles. The van der Waals surface area contributed by atoms with Crippen LogP contribution in [0.5, 0.6) is 0 Å². The van der Waals surface area contributed by atoms with E-state index in [9.17, 15) is 9.90 Å². The molecule has 0 spiro atoms. The summed E-state index contributed by atoms with van der Waals surface area (Å²) in [6, 6.07) is 8.22. The maximum Gasteiger partial charge on any atom is 0.226 e. The summed E-state index contributed by atoms with van der Waals surface area (Å²) < 4.78 is 0. The third-order valence-electron chi connectivity index (χ3n) is 3.72. The van der Waals surface area contributed by atoms with Crippen LogP contribution in [0.4, 0.5) is 11.4 Å². The predicted molar refractivity (Wildman–Crippen MR) is 81.8 cm³/mol. The first-order chi connectivity index (χ1) is 9.54. The van der Waals surface area contributed by atoms with E-state index in [1.54, 1.807) is 0 Å². The van der Waals surface area contributed by atoms with Crippen molar-refractivity contribution in [1.82, 2.24) is 0 Å². The summed E-state index contributed by atoms with van der Waals surface area (Å²) in [4.78, 5) is 11.7. The van der Waals surface area contributed by atoms with Crippen molar-refractivity contribution in [3.63, 3.8) is 0 Å². The molecule has 0 aromatic heterocycles. The molecule has 1 aliphatic rings. The molecule has 0 atom stereocenters. The van der Waals surface area contributed by atoms with Crippen LogP contribution >= 0.6 is 0 Å². The number of benzene rings is 1. The Hall–Kier alpha value is -1.55. The third-order valence-corrected chi connectivity index (χ3v) is 3.72. The Morgan fingerprint density at radius 3 is 2.50 bits per heavy atom. The van der Waals surface area contributed by atoms with Gasteiger partial charge in [0.1, 0.15) is 0 Å². The summed E-state index contributed by atoms with van der Waals surface area (Å²) >= 11 is 0. The standard InChI is InChI=1S/C16H24N2O2/c1-11(2)16(20)18-14-5-3-4-13(10-14)17-12-6-8-15(19)9-7-12/h3-5,10-12,15,17,19H,6-9H2,1-2H3,(H,18,20). The number of aliphatic hydroxyl groups excluding tert-OH is 1. The number of carbonyl (C=O) groups excluding carboxylic acids is 1. The number of anilines is 2. The summed E-state index contributed by atoms with van der Waals surface area (Å²) in [5.41, 5.74) is 1.84. The summed E-state index contributed by atoms with van der Waals surface area (Å²) in [7, 11) is 0. The Balaban J connectivity index is 1.94. The first kappa shape index (κ1) is 14.9. The highest BCUT2D eigenvalue weighted by atomic mass is 16.3. The van der Waals surface area contributed by atoms with E-state index < -0.39 is 0 Å². The highest BCUT2D eigenvalue weighted by Crippen LogP contribution is 2.23. The zero-order chi connectivity index (χ0) is 14.5. The Labute approximate surface area is 120 Å². The Bertz CT molecular complexity index is 452. The minimum atomic E-state index is -0.135. The molecule has 20 heavy (non-hydrogen) atoms. The molecular weight excluding hydrogens is 252 g/mol. The molecule has 3 N–H and O–H groups in total. The number of hydrogen-bond acceptors (Lipinski definition) is 3. The van der Waals surface area contributed by atoms with E-state index in [2.05, 4.69) is 10.6 Å². The van der Waals surface area contributed by atoms with Crippen molar-refractivity contribution in [2.24, 2.45) is 5.92 Å². The highest BCUT2D eigenvalue weighted by molar-refractivity contribution is 5.92. The van der Waals surface area contributed by atoms with Gasteiger partial charge in [-0.1, -0.05) is 19.9 Å². The molecule has 1 amide bonds. The van der Waals surface area contributed by atoms with Gasteiger partial charge >= 0.3 is 0 Å². The van der Waals surface area contributed by atoms with Crippen molar-refractivity contribution in [2.45, 2.75) is 51.7 Å². The number of amides is 1. The molecule has 4 heteroatoms. The maximum absolute atomic E-state index is 11.7. The van der Waals surface area contributed by atoms with Crippen LogP contribution in [0.1, 0.15) is 39.5 Å². The quantitative estimate of drug-likeness (QED) is 0.792. The number of hydrogen-bond donors (Lipinski definition) is 3. The van der Waals surface area contributed by atoms with Gasteiger partial charge < -0.3 is 15.7 Å². The molecule has 4 nitrogen and oxygen atoms in total. The molecule has 110 valence electrons. The Morgan fingerprint density at radius 1 is 1.20 bits per heavy atom. The van der Waals surface area contributed by atoms with Crippen molar-refractivity contribution < 1.29 is 9.90 Å². The zero-order valence-electron chi connectivity index (χ0n) is 12.2. The lowest BCUT2D eigenvalue weighted by atomic mass is 9.93. The molecule has 1 aliphatic carbocycles. The summed E-state index contributed by atoms with van der Waals surface area (Å²) in [5, 5.41) is 15.9. The second kappa shape index (κ2) is 6.75. The third kappa shape index (κ3) is 4.23. The van der Waals surface area contributed by atoms with Crippen molar-refractivity contribution in [1.29, 1.82) is 0 Å². The Kier molecular flexibility index (Phi) is 5.01. The van der Waals surface area contributed by atoms with Crippen LogP contribution in [0.3, 0.4) is 0 Å². The fourth-order valence-electron chi connectivity index (χ4n) is 2.43. The highest BCUT2D eigenvalue weighted by Gasteiger charge is 2.19. The van der Waals surface area contributed by atoms with Crippen LogP contribution < -0.4 is 10.6 Å². The fraction of sp³-hybridized carbons (Fsp3) is 0.562. The zero-order valence-corrected chi connectivity index (χ0v) is 12.2. The predicted octanol–water partition coefficient (Wildman–Crippen LogP) is 3.00. The minimum absolute atomic E-state index is 0.0218. The number of nitrogens with one attached hydrogen (secondary N) is 2. The molecule has 1 fully saturated rings. The summed E-state index contributed by atoms with van der Waals surface area (Å²) in [6.45, 7) is 3.76. The molecule has 0 bridgehead atoms. The van der Waals surface area contributed by atoms with Crippen LogP contribution in [-0.4, -0.2) is 23.2 Å². The maximum atomic E-state index is 11.7. The van der Waals surface area contributed by atoms with Gasteiger partial charge in [-0.3, -0.25) is 4.79 Å². The molecule has 1 saturated carbocycles. The molecule has 0 unspecified atom stereocenters. The molecule has 0 radical (unpaired) electrons. The lowest BCUT2D eigenvalue weighted by Gasteiger charge is -2.27. The van der Waals surface area contributed by atoms with Crippen molar-refractivity contribution in [2.75, 3.05) is 10.6 Å². The minimum Gasteiger partial charge on any atom is -0.393 e. The van der Waals surface area contributed by atoms with E-state index in [0.717, 1.165) is 37.1 Å². The summed E-state index contributed by atoms with van der Waals surface area (Å²) in [6.07, 6.45) is 3.57. The van der Waals surface area contributed by atoms with Gasteiger partial charge in [-0.05, 0) is 43.9 Å². The lowest BCUT2D eigenvalue weighted by molar-refractivity contribution is -0.118. The van der Waals surface area contributed by atoms with Gasteiger partial charge in [-0.2, -0.15) is 0 Å². The van der Waals surface area contributed by atoms with Gasteiger partial charge in [0.15, 0.2) is 0 Å². The van der Waals surface area contributed by atoms with Crippen LogP contribution in [-0.2, 0) is 4.79 Å². The van der Waals surface area contributed by atoms with Crippen molar-refractivity contribution in [3.8, 4) is 0 Å². The van der Waals surface area contributed by atoms with E-state index in [-0.39, 0.29) is 17.9 Å². The molecule has 1 aromatic rings. The first-order valence-corrected chi connectivity index (χ1v) is 7.40. The Morgan fingerprint density at radius 2 is 1.85 bits per heavy atom. The van der Waals surface area contributed by atoms with Gasteiger partial charge in [-0.25, -0.2) is 0 Å². The molecular formula is C16H24N2O2. The average molecular weight is 276 g/mol. The van der Waals surface area contributed by atoms with E-state index in [1.165, 1.54) is 0 Å². The second-order valence-corrected chi connectivity index (χ2v) is 5.87. The molecule has 0 aliphatic heterocycles. The first-order valence-electron chi connectivity index (χ1n) is 7.40. The fourth-order valence-corrected chi connectivity index (χ4v) is 2.43. The van der Waals surface area contributed by atoms with Gasteiger partial charge in [-0.15, -0.1) is 0 Å². The number of rotatable bonds is 4. The molecule has 0 saturated heterocycles. The summed E-state index contributed by atoms with van der Waals surface area (Å²) in [5.74, 6) is 0.00869. The number of aliphatic hydroxyl groups is 1. The van der Waals surface area contributed by atoms with Crippen LogP contribution in [0.15, 0.2) is 24.3 Å². The normalized spacial score (nSPS) is 22.6.